The van der Waals surface area contributed by atoms with Crippen molar-refractivity contribution in [2.24, 2.45) is 0 Å². The summed E-state index contributed by atoms with van der Waals surface area (Å²) in [6.07, 6.45) is 1.51. The number of halogens is 3. The molecule has 0 atom stereocenters. The molecule has 0 unspecified atom stereocenters. The Bertz CT molecular complexity index is 1300. The molecule has 0 spiro atoms. The van der Waals surface area contributed by atoms with Crippen molar-refractivity contribution in [1.29, 1.82) is 0 Å². The van der Waals surface area contributed by atoms with Crippen LogP contribution in [0.25, 0.3) is 22.6 Å². The third-order valence-electron chi connectivity index (χ3n) is 4.65. The van der Waals surface area contributed by atoms with Crippen LogP contribution in [0, 0.1) is 11.6 Å². The predicted molar refractivity (Wildman–Crippen MR) is 116 cm³/mol. The molecule has 2 N–H and O–H groups in total. The topological polar surface area (TPSA) is 106 Å². The normalized spacial score (nSPS) is 10.9. The highest BCUT2D eigenvalue weighted by Gasteiger charge is 2.13. The highest BCUT2D eigenvalue weighted by molar-refractivity contribution is 9.10. The van der Waals surface area contributed by atoms with Gasteiger partial charge in [0.05, 0.1) is 12.8 Å². The molecule has 0 saturated carbocycles. The molecule has 0 radical (unpaired) electrons. The van der Waals surface area contributed by atoms with E-state index in [0.29, 0.717) is 32.9 Å². The third kappa shape index (κ3) is 4.67. The number of nitrogens with one attached hydrogen (secondary N) is 2. The van der Waals surface area contributed by atoms with E-state index in [2.05, 4.69) is 45.9 Å². The predicted octanol–water partition coefficient (Wildman–Crippen LogP) is 4.19. The summed E-state index contributed by atoms with van der Waals surface area (Å²) in [6.45, 7) is 0.265. The first kappa shape index (κ1) is 21.6. The van der Waals surface area contributed by atoms with Gasteiger partial charge in [-0.25, -0.2) is 23.5 Å². The number of rotatable bonds is 7. The van der Waals surface area contributed by atoms with E-state index < -0.39 is 17.4 Å². The minimum absolute atomic E-state index is 0.00173. The molecule has 2 heterocycles. The van der Waals surface area contributed by atoms with Crippen LogP contribution in [-0.2, 0) is 6.42 Å². The van der Waals surface area contributed by atoms with Gasteiger partial charge in [0.15, 0.2) is 5.82 Å². The maximum atomic E-state index is 14.0. The summed E-state index contributed by atoms with van der Waals surface area (Å²) in [5.74, 6) is -0.620. The SMILES string of the molecule is COc1cc(-c2noc(=O)[nH]2)ccc1-c1cc(NCCc2c(F)cc(Br)cc2F)ncn1. The Hall–Kier alpha value is -3.60. The van der Waals surface area contributed by atoms with E-state index >= 15 is 0 Å². The molecule has 2 aromatic carbocycles. The van der Waals surface area contributed by atoms with Gasteiger partial charge >= 0.3 is 5.76 Å². The minimum atomic E-state index is -0.655. The van der Waals surface area contributed by atoms with Crippen LogP contribution in [0.2, 0.25) is 0 Å². The van der Waals surface area contributed by atoms with Crippen molar-refractivity contribution in [3.05, 3.63) is 74.9 Å². The van der Waals surface area contributed by atoms with E-state index in [4.69, 9.17) is 4.74 Å². The lowest BCUT2D eigenvalue weighted by Gasteiger charge is -2.11. The van der Waals surface area contributed by atoms with Crippen LogP contribution >= 0.6 is 15.9 Å². The highest BCUT2D eigenvalue weighted by atomic mass is 79.9. The monoisotopic (exact) mass is 503 g/mol. The average molecular weight is 504 g/mol. The quantitative estimate of drug-likeness (QED) is 0.389. The number of nitrogens with zero attached hydrogens (tertiary/aromatic N) is 3. The number of hydrogen-bond acceptors (Lipinski definition) is 7. The van der Waals surface area contributed by atoms with Gasteiger partial charge in [-0.1, -0.05) is 27.2 Å². The second-order valence-corrected chi connectivity index (χ2v) is 7.59. The van der Waals surface area contributed by atoms with Gasteiger partial charge in [0.2, 0.25) is 0 Å². The molecule has 164 valence electrons. The molecule has 0 aliphatic rings. The largest absolute Gasteiger partial charge is 0.496 e. The number of H-pyrrole nitrogens is 1. The molecule has 0 fully saturated rings. The van der Waals surface area contributed by atoms with Gasteiger partial charge in [0.1, 0.15) is 29.5 Å². The lowest BCUT2D eigenvalue weighted by molar-refractivity contribution is 0.388. The Kier molecular flexibility index (Phi) is 6.26. The molecule has 8 nitrogen and oxygen atoms in total. The van der Waals surface area contributed by atoms with E-state index in [9.17, 15) is 13.6 Å². The smallest absolute Gasteiger partial charge is 0.439 e. The molecule has 0 saturated heterocycles. The van der Waals surface area contributed by atoms with E-state index in [1.165, 1.54) is 25.6 Å². The van der Waals surface area contributed by atoms with Crippen LogP contribution in [-0.4, -0.2) is 33.8 Å². The fourth-order valence-corrected chi connectivity index (χ4v) is 3.53. The first-order chi connectivity index (χ1) is 15.4. The van der Waals surface area contributed by atoms with Gasteiger partial charge in [-0.3, -0.25) is 9.51 Å². The average Bonchev–Trinajstić information content (AvgIpc) is 3.21. The molecule has 2 aromatic heterocycles. The maximum absolute atomic E-state index is 14.0. The summed E-state index contributed by atoms with van der Waals surface area (Å²) < 4.78 is 38.3. The van der Waals surface area contributed by atoms with E-state index in [-0.39, 0.29) is 24.4 Å². The Morgan fingerprint density at radius 3 is 2.62 bits per heavy atom. The van der Waals surface area contributed by atoms with Crippen LogP contribution in [0.1, 0.15) is 5.56 Å². The summed E-state index contributed by atoms with van der Waals surface area (Å²) in [4.78, 5) is 22.1. The van der Waals surface area contributed by atoms with Crippen LogP contribution in [0.4, 0.5) is 14.6 Å². The Morgan fingerprint density at radius 1 is 1.16 bits per heavy atom. The standard InChI is InChI=1S/C21H16BrF2N5O3/c1-31-18-6-11(20-28-21(30)32-29-20)2-3-14(18)17-9-19(27-10-26-17)25-5-4-13-15(23)7-12(22)8-16(13)24/h2-3,6-10H,4-5H2,1H3,(H,25,26,27)(H,28,29,30). The Labute approximate surface area is 188 Å². The van der Waals surface area contributed by atoms with Gasteiger partial charge in [0.25, 0.3) is 0 Å². The van der Waals surface area contributed by atoms with Crippen molar-refractivity contribution in [3.8, 4) is 28.4 Å². The highest BCUT2D eigenvalue weighted by Crippen LogP contribution is 2.32. The zero-order valence-corrected chi connectivity index (χ0v) is 18.2. The number of ether oxygens (including phenoxy) is 1. The Balaban J connectivity index is 1.52. The number of methoxy groups -OCH3 is 1. The molecular weight excluding hydrogens is 488 g/mol. The summed E-state index contributed by atoms with van der Waals surface area (Å²) >= 11 is 3.07. The fourth-order valence-electron chi connectivity index (χ4n) is 3.13. The van der Waals surface area contributed by atoms with Gasteiger partial charge in [-0.05, 0) is 30.7 Å². The van der Waals surface area contributed by atoms with E-state index in [0.717, 1.165) is 0 Å². The van der Waals surface area contributed by atoms with Crippen LogP contribution in [0.15, 0.2) is 56.5 Å². The van der Waals surface area contributed by atoms with Crippen LogP contribution in [0.3, 0.4) is 0 Å². The first-order valence-electron chi connectivity index (χ1n) is 9.38. The number of anilines is 1. The van der Waals surface area contributed by atoms with E-state index in [1.54, 1.807) is 24.3 Å². The number of aromatic nitrogens is 4. The van der Waals surface area contributed by atoms with Crippen molar-refractivity contribution < 1.29 is 18.0 Å². The molecular formula is C21H16BrF2N5O3. The van der Waals surface area contributed by atoms with Crippen molar-refractivity contribution in [3.63, 3.8) is 0 Å². The number of hydrogen-bond donors (Lipinski definition) is 2. The second kappa shape index (κ2) is 9.27. The molecule has 11 heteroatoms. The van der Waals surface area contributed by atoms with Crippen molar-refractivity contribution >= 4 is 21.7 Å². The van der Waals surface area contributed by atoms with Gasteiger partial charge < -0.3 is 10.1 Å². The molecule has 4 aromatic rings. The van der Waals surface area contributed by atoms with Crippen molar-refractivity contribution in [2.75, 3.05) is 19.0 Å². The summed E-state index contributed by atoms with van der Waals surface area (Å²) in [7, 11) is 1.51. The minimum Gasteiger partial charge on any atom is -0.496 e. The number of benzene rings is 2. The fraction of sp³-hybridized carbons (Fsp3) is 0.143. The maximum Gasteiger partial charge on any atom is 0.439 e. The third-order valence-corrected chi connectivity index (χ3v) is 5.10. The van der Waals surface area contributed by atoms with Crippen LogP contribution < -0.4 is 15.8 Å². The first-order valence-corrected chi connectivity index (χ1v) is 10.2. The molecule has 0 bridgehead atoms. The molecule has 0 aliphatic carbocycles. The lowest BCUT2D eigenvalue weighted by Crippen LogP contribution is -2.09. The summed E-state index contributed by atoms with van der Waals surface area (Å²) in [5.41, 5.74) is 1.85. The van der Waals surface area contributed by atoms with Gasteiger partial charge in [-0.15, -0.1) is 0 Å². The Morgan fingerprint density at radius 2 is 1.94 bits per heavy atom. The summed E-state index contributed by atoms with van der Waals surface area (Å²) in [6, 6.07) is 9.35. The van der Waals surface area contributed by atoms with E-state index in [1.807, 2.05) is 0 Å². The molecule has 32 heavy (non-hydrogen) atoms. The van der Waals surface area contributed by atoms with Crippen molar-refractivity contribution in [1.82, 2.24) is 20.1 Å². The lowest BCUT2D eigenvalue weighted by atomic mass is 10.1. The molecule has 0 amide bonds. The zero-order chi connectivity index (χ0) is 22.7. The second-order valence-electron chi connectivity index (χ2n) is 6.67. The van der Waals surface area contributed by atoms with Crippen molar-refractivity contribution in [2.45, 2.75) is 6.42 Å². The molecule has 0 aliphatic heterocycles. The van der Waals surface area contributed by atoms with Gasteiger partial charge in [0, 0.05) is 33.8 Å². The van der Waals surface area contributed by atoms with Crippen LogP contribution in [0.5, 0.6) is 5.75 Å². The van der Waals surface area contributed by atoms with Gasteiger partial charge in [-0.2, -0.15) is 0 Å². The number of aromatic amines is 1. The molecule has 4 rings (SSSR count). The zero-order valence-electron chi connectivity index (χ0n) is 16.7. The summed E-state index contributed by atoms with van der Waals surface area (Å²) in [5, 5.41) is 6.71.